The van der Waals surface area contributed by atoms with E-state index in [0.29, 0.717) is 16.5 Å². The number of hydrogen-bond donors (Lipinski definition) is 1. The molecular weight excluding hydrogens is 244 g/mol. The normalized spacial score (nSPS) is 40.7. The molecule has 2 aliphatic carbocycles. The van der Waals surface area contributed by atoms with Gasteiger partial charge in [-0.25, -0.2) is 0 Å². The zero-order valence-corrected chi connectivity index (χ0v) is 9.46. The van der Waals surface area contributed by atoms with E-state index in [1.165, 1.54) is 12.8 Å². The molecule has 3 rings (SSSR count). The summed E-state index contributed by atoms with van der Waals surface area (Å²) in [7, 11) is 0. The minimum absolute atomic E-state index is 0.453. The molecule has 1 aromatic heterocycles. The Bertz CT molecular complexity index is 346. The van der Waals surface area contributed by atoms with E-state index in [-0.39, 0.29) is 0 Å². The molecule has 2 fully saturated rings. The van der Waals surface area contributed by atoms with Crippen LogP contribution in [0.1, 0.15) is 31.4 Å². The Labute approximate surface area is 91.4 Å². The molecule has 2 saturated carbocycles. The van der Waals surface area contributed by atoms with E-state index in [1.54, 1.807) is 0 Å². The highest BCUT2D eigenvalue weighted by atomic mass is 79.9. The topological polar surface area (TPSA) is 33.4 Å². The van der Waals surface area contributed by atoms with Gasteiger partial charge in [-0.1, -0.05) is 12.8 Å². The molecule has 0 aromatic carbocycles. The van der Waals surface area contributed by atoms with Gasteiger partial charge in [0.2, 0.25) is 0 Å². The van der Waals surface area contributed by atoms with Gasteiger partial charge < -0.3 is 9.52 Å². The van der Waals surface area contributed by atoms with Crippen molar-refractivity contribution in [3.8, 4) is 0 Å². The molecular formula is C11H13BrO2. The lowest BCUT2D eigenvalue weighted by Crippen LogP contribution is -2.08. The highest BCUT2D eigenvalue weighted by molar-refractivity contribution is 9.10. The monoisotopic (exact) mass is 256 g/mol. The van der Waals surface area contributed by atoms with Crippen molar-refractivity contribution >= 4 is 15.9 Å². The van der Waals surface area contributed by atoms with Crippen LogP contribution in [0.3, 0.4) is 0 Å². The summed E-state index contributed by atoms with van der Waals surface area (Å²) in [6.07, 6.45) is 4.82. The summed E-state index contributed by atoms with van der Waals surface area (Å²) in [6.45, 7) is 0. The summed E-state index contributed by atoms with van der Waals surface area (Å²) in [5, 5.41) is 10.5. The SMILES string of the molecule is OC1(c2ccc(Br)o2)C2CCCCC21. The van der Waals surface area contributed by atoms with Crippen LogP contribution in [0, 0.1) is 11.8 Å². The van der Waals surface area contributed by atoms with Crippen LogP contribution in [-0.4, -0.2) is 5.11 Å². The van der Waals surface area contributed by atoms with Crippen LogP contribution in [0.5, 0.6) is 0 Å². The molecule has 0 bridgehead atoms. The molecule has 2 unspecified atom stereocenters. The highest BCUT2D eigenvalue weighted by Gasteiger charge is 2.66. The van der Waals surface area contributed by atoms with E-state index in [1.807, 2.05) is 12.1 Å². The van der Waals surface area contributed by atoms with Gasteiger partial charge >= 0.3 is 0 Å². The van der Waals surface area contributed by atoms with Crippen molar-refractivity contribution in [3.05, 3.63) is 22.6 Å². The van der Waals surface area contributed by atoms with Crippen LogP contribution in [-0.2, 0) is 5.60 Å². The summed E-state index contributed by atoms with van der Waals surface area (Å²) in [4.78, 5) is 0. The second kappa shape index (κ2) is 2.86. The van der Waals surface area contributed by atoms with Gasteiger partial charge in [0.05, 0.1) is 0 Å². The highest BCUT2D eigenvalue weighted by Crippen LogP contribution is 2.64. The van der Waals surface area contributed by atoms with Crippen molar-refractivity contribution in [1.29, 1.82) is 0 Å². The van der Waals surface area contributed by atoms with Crippen LogP contribution < -0.4 is 0 Å². The van der Waals surface area contributed by atoms with Crippen molar-refractivity contribution in [1.82, 2.24) is 0 Å². The molecule has 1 N–H and O–H groups in total. The molecule has 1 aromatic rings. The quantitative estimate of drug-likeness (QED) is 0.838. The van der Waals surface area contributed by atoms with Gasteiger partial charge in [0, 0.05) is 11.8 Å². The fraction of sp³-hybridized carbons (Fsp3) is 0.636. The summed E-state index contributed by atoms with van der Waals surface area (Å²) in [5.41, 5.74) is -0.636. The Kier molecular flexibility index (Phi) is 1.83. The Morgan fingerprint density at radius 3 is 2.43 bits per heavy atom. The van der Waals surface area contributed by atoms with E-state index in [0.717, 1.165) is 18.6 Å². The van der Waals surface area contributed by atoms with Crippen LogP contribution >= 0.6 is 15.9 Å². The lowest BCUT2D eigenvalue weighted by molar-refractivity contribution is 0.0907. The second-order valence-electron chi connectivity index (χ2n) is 4.43. The minimum Gasteiger partial charge on any atom is -0.451 e. The van der Waals surface area contributed by atoms with Crippen LogP contribution in [0.15, 0.2) is 21.2 Å². The number of halogens is 1. The maximum atomic E-state index is 10.5. The fourth-order valence-corrected chi connectivity index (χ4v) is 3.29. The number of rotatable bonds is 1. The summed E-state index contributed by atoms with van der Waals surface area (Å²) in [6, 6.07) is 3.75. The van der Waals surface area contributed by atoms with Crippen LogP contribution in [0.4, 0.5) is 0 Å². The average molecular weight is 257 g/mol. The van der Waals surface area contributed by atoms with E-state index >= 15 is 0 Å². The van der Waals surface area contributed by atoms with E-state index in [2.05, 4.69) is 15.9 Å². The molecule has 2 aliphatic rings. The van der Waals surface area contributed by atoms with Crippen molar-refractivity contribution < 1.29 is 9.52 Å². The van der Waals surface area contributed by atoms with E-state index in [4.69, 9.17) is 4.42 Å². The van der Waals surface area contributed by atoms with Gasteiger partial charge in [-0.05, 0) is 40.9 Å². The summed E-state index contributed by atoms with van der Waals surface area (Å²) < 4.78 is 6.18. The lowest BCUT2D eigenvalue weighted by Gasteiger charge is -2.05. The number of fused-ring (bicyclic) bond motifs is 1. The smallest absolute Gasteiger partial charge is 0.169 e. The third-order valence-corrected chi connectivity index (χ3v) is 4.18. The molecule has 0 radical (unpaired) electrons. The molecule has 0 saturated heterocycles. The first-order chi connectivity index (χ1) is 6.73. The molecule has 2 atom stereocenters. The number of furan rings is 1. The molecule has 14 heavy (non-hydrogen) atoms. The van der Waals surface area contributed by atoms with Gasteiger partial charge in [0.1, 0.15) is 11.4 Å². The predicted octanol–water partition coefficient (Wildman–Crippen LogP) is 3.05. The number of aliphatic hydroxyl groups is 1. The Morgan fingerprint density at radius 1 is 1.29 bits per heavy atom. The zero-order valence-electron chi connectivity index (χ0n) is 7.87. The van der Waals surface area contributed by atoms with Crippen molar-refractivity contribution in [2.24, 2.45) is 11.8 Å². The van der Waals surface area contributed by atoms with Crippen molar-refractivity contribution in [2.45, 2.75) is 31.3 Å². The Hall–Kier alpha value is -0.280. The first-order valence-corrected chi connectivity index (χ1v) is 6.00. The lowest BCUT2D eigenvalue weighted by atomic mass is 10.0. The zero-order chi connectivity index (χ0) is 9.76. The van der Waals surface area contributed by atoms with E-state index in [9.17, 15) is 5.11 Å². The van der Waals surface area contributed by atoms with Gasteiger partial charge in [-0.3, -0.25) is 0 Å². The fourth-order valence-electron chi connectivity index (χ4n) is 2.99. The minimum atomic E-state index is -0.636. The predicted molar refractivity (Wildman–Crippen MR) is 55.8 cm³/mol. The van der Waals surface area contributed by atoms with Crippen molar-refractivity contribution in [2.75, 3.05) is 0 Å². The third-order valence-electron chi connectivity index (χ3n) is 3.76. The maximum absolute atomic E-state index is 10.5. The van der Waals surface area contributed by atoms with Gasteiger partial charge in [0.15, 0.2) is 4.67 Å². The van der Waals surface area contributed by atoms with Gasteiger partial charge in [-0.15, -0.1) is 0 Å². The van der Waals surface area contributed by atoms with Crippen molar-refractivity contribution in [3.63, 3.8) is 0 Å². The molecule has 3 heteroatoms. The van der Waals surface area contributed by atoms with Crippen LogP contribution in [0.2, 0.25) is 0 Å². The average Bonchev–Trinajstić information content (AvgIpc) is 2.57. The van der Waals surface area contributed by atoms with Gasteiger partial charge in [0.25, 0.3) is 0 Å². The standard InChI is InChI=1S/C11H13BrO2/c12-10-6-5-9(14-10)11(13)7-3-1-2-4-8(7)11/h5-8,13H,1-4H2. The summed E-state index contributed by atoms with van der Waals surface area (Å²) in [5.74, 6) is 1.66. The van der Waals surface area contributed by atoms with Gasteiger partial charge in [-0.2, -0.15) is 0 Å². The second-order valence-corrected chi connectivity index (χ2v) is 5.21. The largest absolute Gasteiger partial charge is 0.451 e. The first-order valence-electron chi connectivity index (χ1n) is 5.21. The summed E-state index contributed by atoms with van der Waals surface area (Å²) >= 11 is 3.27. The Balaban J connectivity index is 1.92. The van der Waals surface area contributed by atoms with Crippen LogP contribution in [0.25, 0.3) is 0 Å². The molecule has 76 valence electrons. The Morgan fingerprint density at radius 2 is 1.93 bits per heavy atom. The molecule has 1 heterocycles. The molecule has 2 nitrogen and oxygen atoms in total. The maximum Gasteiger partial charge on any atom is 0.169 e. The van der Waals surface area contributed by atoms with E-state index < -0.39 is 5.60 Å². The molecule has 0 amide bonds. The first kappa shape index (κ1) is 8.98. The molecule has 0 aliphatic heterocycles. The third kappa shape index (κ3) is 1.06. The number of hydrogen-bond acceptors (Lipinski definition) is 2. The molecule has 0 spiro atoms.